The molecule has 0 spiro atoms. The maximum Gasteiger partial charge on any atom is 0.237 e. The second-order valence-electron chi connectivity index (χ2n) is 3.36. The Morgan fingerprint density at radius 1 is 1.11 bits per heavy atom. The number of pyridine rings is 1. The van der Waals surface area contributed by atoms with Crippen molar-refractivity contribution in [2.24, 2.45) is 11.5 Å². The number of carbonyl (C=O) groups is 2. The fourth-order valence-electron chi connectivity index (χ4n) is 1.24. The minimum absolute atomic E-state index is 0.00462. The highest BCUT2D eigenvalue weighted by Gasteiger charge is 2.18. The lowest BCUT2D eigenvalue weighted by molar-refractivity contribution is -0.117. The number of carbonyl (C=O) groups excluding carboxylic acids is 2. The van der Waals surface area contributed by atoms with Gasteiger partial charge in [-0.1, -0.05) is 34.8 Å². The van der Waals surface area contributed by atoms with Crippen molar-refractivity contribution in [1.82, 2.24) is 4.98 Å². The summed E-state index contributed by atoms with van der Waals surface area (Å²) in [6.45, 7) is -0.540. The molecule has 0 aliphatic rings. The summed E-state index contributed by atoms with van der Waals surface area (Å²) in [6.07, 6.45) is 0. The van der Waals surface area contributed by atoms with E-state index in [9.17, 15) is 9.59 Å². The van der Waals surface area contributed by atoms with E-state index in [0.717, 1.165) is 0 Å². The van der Waals surface area contributed by atoms with Crippen LogP contribution in [0, 0.1) is 0 Å². The molecule has 6 nitrogen and oxygen atoms in total. The third-order valence-corrected chi connectivity index (χ3v) is 2.81. The van der Waals surface area contributed by atoms with Crippen molar-refractivity contribution in [2.45, 2.75) is 0 Å². The second kappa shape index (κ2) is 6.08. The van der Waals surface area contributed by atoms with Crippen LogP contribution in [0.1, 0.15) is 0 Å². The standard InChI is InChI=1S/C9H9Cl3N4O2/c10-4-1-5(11)9(15-8(4)12)16(2-6(13)17)3-7(14)18/h1H,2-3H2,(H2,13,17)(H2,14,18). The van der Waals surface area contributed by atoms with E-state index in [0.29, 0.717) is 0 Å². The molecule has 0 saturated heterocycles. The third-order valence-electron chi connectivity index (χ3n) is 1.86. The quantitative estimate of drug-likeness (QED) is 0.786. The van der Waals surface area contributed by atoms with Crippen LogP contribution >= 0.6 is 34.8 Å². The number of anilines is 1. The first kappa shape index (κ1) is 14.8. The maximum absolute atomic E-state index is 10.9. The van der Waals surface area contributed by atoms with E-state index in [-0.39, 0.29) is 34.1 Å². The molecule has 1 heterocycles. The number of aromatic nitrogens is 1. The van der Waals surface area contributed by atoms with Crippen LogP contribution in [0.25, 0.3) is 0 Å². The fraction of sp³-hybridized carbons (Fsp3) is 0.222. The summed E-state index contributed by atoms with van der Waals surface area (Å²) in [6, 6.07) is 1.35. The first-order chi connectivity index (χ1) is 8.31. The molecule has 2 amide bonds. The summed E-state index contributed by atoms with van der Waals surface area (Å²) < 4.78 is 0. The Balaban J connectivity index is 3.15. The van der Waals surface area contributed by atoms with Crippen LogP contribution in [-0.4, -0.2) is 29.9 Å². The van der Waals surface area contributed by atoms with Crippen LogP contribution in [0.3, 0.4) is 0 Å². The van der Waals surface area contributed by atoms with Crippen molar-refractivity contribution in [3.63, 3.8) is 0 Å². The summed E-state index contributed by atoms with van der Waals surface area (Å²) >= 11 is 17.4. The van der Waals surface area contributed by atoms with E-state index in [4.69, 9.17) is 46.3 Å². The van der Waals surface area contributed by atoms with Crippen molar-refractivity contribution in [3.8, 4) is 0 Å². The van der Waals surface area contributed by atoms with Gasteiger partial charge < -0.3 is 16.4 Å². The number of halogens is 3. The molecule has 1 rings (SSSR count). The van der Waals surface area contributed by atoms with Crippen LogP contribution < -0.4 is 16.4 Å². The lowest BCUT2D eigenvalue weighted by Crippen LogP contribution is -2.40. The number of primary amides is 2. The van der Waals surface area contributed by atoms with Gasteiger partial charge in [0.1, 0.15) is 11.0 Å². The zero-order chi connectivity index (χ0) is 13.9. The maximum atomic E-state index is 10.9. The Bertz CT molecular complexity index is 479. The largest absolute Gasteiger partial charge is 0.368 e. The van der Waals surface area contributed by atoms with Gasteiger partial charge in [0.15, 0.2) is 0 Å². The summed E-state index contributed by atoms with van der Waals surface area (Å²) in [7, 11) is 0. The zero-order valence-electron chi connectivity index (χ0n) is 8.99. The molecule has 0 atom stereocenters. The number of amides is 2. The predicted octanol–water partition coefficient (Wildman–Crippen LogP) is 0.819. The Morgan fingerprint density at radius 2 is 1.61 bits per heavy atom. The van der Waals surface area contributed by atoms with Gasteiger partial charge in [0.2, 0.25) is 11.8 Å². The van der Waals surface area contributed by atoms with Gasteiger partial charge in [-0.15, -0.1) is 0 Å². The number of nitrogens with two attached hydrogens (primary N) is 2. The molecule has 98 valence electrons. The fourth-order valence-corrected chi connectivity index (χ4v) is 1.85. The van der Waals surface area contributed by atoms with Crippen molar-refractivity contribution in [2.75, 3.05) is 18.0 Å². The van der Waals surface area contributed by atoms with Gasteiger partial charge >= 0.3 is 0 Å². The average molecular weight is 312 g/mol. The first-order valence-corrected chi connectivity index (χ1v) is 5.77. The molecule has 0 unspecified atom stereocenters. The van der Waals surface area contributed by atoms with Gasteiger partial charge in [-0.25, -0.2) is 4.98 Å². The molecule has 1 aromatic heterocycles. The summed E-state index contributed by atoms with van der Waals surface area (Å²) in [5.74, 6) is -1.22. The Morgan fingerprint density at radius 3 is 2.06 bits per heavy atom. The Hall–Kier alpha value is -1.24. The van der Waals surface area contributed by atoms with Crippen LogP contribution in [0.4, 0.5) is 5.82 Å². The predicted molar refractivity (Wildman–Crippen MR) is 69.9 cm³/mol. The lowest BCUT2D eigenvalue weighted by Gasteiger charge is -2.21. The van der Waals surface area contributed by atoms with Gasteiger partial charge in [-0.2, -0.15) is 0 Å². The van der Waals surface area contributed by atoms with E-state index in [1.807, 2.05) is 0 Å². The molecule has 0 bridgehead atoms. The van der Waals surface area contributed by atoms with Crippen molar-refractivity contribution in [1.29, 1.82) is 0 Å². The summed E-state index contributed by atoms with van der Waals surface area (Å²) in [4.78, 5) is 27.0. The number of nitrogens with zero attached hydrogens (tertiary/aromatic N) is 2. The molecule has 0 radical (unpaired) electrons. The van der Waals surface area contributed by atoms with E-state index in [1.54, 1.807) is 0 Å². The SMILES string of the molecule is NC(=O)CN(CC(N)=O)c1nc(Cl)c(Cl)cc1Cl. The normalized spacial score (nSPS) is 10.2. The highest BCUT2D eigenvalue weighted by Crippen LogP contribution is 2.30. The van der Waals surface area contributed by atoms with E-state index < -0.39 is 11.8 Å². The van der Waals surface area contributed by atoms with E-state index in [1.165, 1.54) is 11.0 Å². The van der Waals surface area contributed by atoms with Crippen molar-refractivity contribution < 1.29 is 9.59 Å². The van der Waals surface area contributed by atoms with Gasteiger partial charge in [0.05, 0.1) is 23.1 Å². The van der Waals surface area contributed by atoms with Crippen molar-refractivity contribution >= 4 is 52.4 Å². The monoisotopic (exact) mass is 310 g/mol. The van der Waals surface area contributed by atoms with Gasteiger partial charge in [0.25, 0.3) is 0 Å². The molecule has 0 aliphatic heterocycles. The van der Waals surface area contributed by atoms with E-state index >= 15 is 0 Å². The molecule has 0 aromatic carbocycles. The molecule has 1 aromatic rings. The minimum atomic E-state index is -0.666. The molecular formula is C9H9Cl3N4O2. The Kier molecular flexibility index (Phi) is 5.01. The van der Waals surface area contributed by atoms with Gasteiger partial charge in [0, 0.05) is 0 Å². The highest BCUT2D eigenvalue weighted by atomic mass is 35.5. The topological polar surface area (TPSA) is 102 Å². The lowest BCUT2D eigenvalue weighted by atomic mass is 10.3. The third kappa shape index (κ3) is 3.90. The number of rotatable bonds is 5. The molecule has 9 heteroatoms. The summed E-state index contributed by atoms with van der Waals surface area (Å²) in [5.41, 5.74) is 10.1. The smallest absolute Gasteiger partial charge is 0.237 e. The molecule has 0 fully saturated rings. The van der Waals surface area contributed by atoms with E-state index in [2.05, 4.69) is 4.98 Å². The van der Waals surface area contributed by atoms with Crippen molar-refractivity contribution in [3.05, 3.63) is 21.3 Å². The highest BCUT2D eigenvalue weighted by molar-refractivity contribution is 6.43. The molecule has 0 saturated carbocycles. The average Bonchev–Trinajstić information content (AvgIpc) is 2.21. The van der Waals surface area contributed by atoms with Crippen LogP contribution in [0.15, 0.2) is 6.07 Å². The van der Waals surface area contributed by atoms with Gasteiger partial charge in [-0.3, -0.25) is 9.59 Å². The minimum Gasteiger partial charge on any atom is -0.368 e. The first-order valence-electron chi connectivity index (χ1n) is 4.64. The Labute approximate surface area is 118 Å². The van der Waals surface area contributed by atoms with Gasteiger partial charge in [-0.05, 0) is 6.07 Å². The molecule has 0 aliphatic carbocycles. The number of hydrogen-bond donors (Lipinski definition) is 2. The van der Waals surface area contributed by atoms with Crippen LogP contribution in [0.5, 0.6) is 0 Å². The molecule has 4 N–H and O–H groups in total. The molecule has 18 heavy (non-hydrogen) atoms. The van der Waals surface area contributed by atoms with Crippen LogP contribution in [0.2, 0.25) is 15.2 Å². The second-order valence-corrected chi connectivity index (χ2v) is 4.53. The zero-order valence-corrected chi connectivity index (χ0v) is 11.3. The number of hydrogen-bond acceptors (Lipinski definition) is 4. The summed E-state index contributed by atoms with van der Waals surface area (Å²) in [5, 5.41) is 0.283. The molecular weight excluding hydrogens is 302 g/mol. The van der Waals surface area contributed by atoms with Crippen LogP contribution in [-0.2, 0) is 9.59 Å².